The minimum atomic E-state index is 0.0264. The number of ether oxygens (including phenoxy) is 2. The van der Waals surface area contributed by atoms with Gasteiger partial charge in [0.15, 0.2) is 0 Å². The molecule has 15 heavy (non-hydrogen) atoms. The first-order valence-electron chi connectivity index (χ1n) is 5.01. The summed E-state index contributed by atoms with van der Waals surface area (Å²) >= 11 is 6.01. The number of hydrogen-bond acceptors (Lipinski definition) is 2. The number of methoxy groups -OCH3 is 1. The van der Waals surface area contributed by atoms with Crippen LogP contribution in [0.25, 0.3) is 0 Å². The summed E-state index contributed by atoms with van der Waals surface area (Å²) in [5.74, 6) is 1.53. The number of halogens is 1. The summed E-state index contributed by atoms with van der Waals surface area (Å²) in [4.78, 5) is 0. The van der Waals surface area contributed by atoms with Crippen LogP contribution in [-0.4, -0.2) is 26.2 Å². The number of hydrogen-bond donors (Lipinski definition) is 0. The van der Waals surface area contributed by atoms with Crippen molar-refractivity contribution in [2.24, 2.45) is 0 Å². The predicted molar refractivity (Wildman–Crippen MR) is 60.9 cm³/mol. The summed E-state index contributed by atoms with van der Waals surface area (Å²) in [6.07, 6.45) is 0. The van der Waals surface area contributed by atoms with Crippen molar-refractivity contribution >= 4 is 11.6 Å². The maximum Gasteiger partial charge on any atom is 0.121 e. The van der Waals surface area contributed by atoms with Gasteiger partial charge in [0.25, 0.3) is 0 Å². The van der Waals surface area contributed by atoms with Crippen LogP contribution in [0.2, 0.25) is 0 Å². The van der Waals surface area contributed by atoms with Gasteiger partial charge in [0.2, 0.25) is 0 Å². The molecule has 0 radical (unpaired) electrons. The molecule has 1 aliphatic rings. The van der Waals surface area contributed by atoms with Gasteiger partial charge < -0.3 is 9.47 Å². The average Bonchev–Trinajstić information content (AvgIpc) is 2.17. The monoisotopic (exact) mass is 226 g/mol. The smallest absolute Gasteiger partial charge is 0.121 e. The van der Waals surface area contributed by atoms with Crippen LogP contribution in [0.3, 0.4) is 0 Å². The minimum Gasteiger partial charge on any atom is -0.496 e. The highest BCUT2D eigenvalue weighted by Crippen LogP contribution is 2.35. The predicted octanol–water partition coefficient (Wildman–Crippen LogP) is 2.51. The molecule has 0 spiro atoms. The van der Waals surface area contributed by atoms with Crippen LogP contribution in [0.1, 0.15) is 11.1 Å². The molecule has 0 aromatic heterocycles. The number of alkyl halides is 1. The van der Waals surface area contributed by atoms with E-state index in [0.717, 1.165) is 24.5 Å². The lowest BCUT2D eigenvalue weighted by Gasteiger charge is -2.40. The van der Waals surface area contributed by atoms with Crippen molar-refractivity contribution < 1.29 is 9.47 Å². The van der Waals surface area contributed by atoms with Gasteiger partial charge in [-0.1, -0.05) is 12.1 Å². The lowest BCUT2D eigenvalue weighted by atomic mass is 9.80. The van der Waals surface area contributed by atoms with Gasteiger partial charge in [0, 0.05) is 5.88 Å². The van der Waals surface area contributed by atoms with Gasteiger partial charge in [-0.25, -0.2) is 0 Å². The second-order valence-electron chi connectivity index (χ2n) is 4.09. The summed E-state index contributed by atoms with van der Waals surface area (Å²) in [5.41, 5.74) is 2.42. The molecule has 0 N–H and O–H groups in total. The van der Waals surface area contributed by atoms with Crippen LogP contribution in [0.15, 0.2) is 18.2 Å². The summed E-state index contributed by atoms with van der Waals surface area (Å²) in [6, 6.07) is 6.22. The molecule has 1 aliphatic heterocycles. The largest absolute Gasteiger partial charge is 0.496 e. The summed E-state index contributed by atoms with van der Waals surface area (Å²) in [6.45, 7) is 3.49. The van der Waals surface area contributed by atoms with Crippen LogP contribution in [0.4, 0.5) is 0 Å². The van der Waals surface area contributed by atoms with E-state index < -0.39 is 0 Å². The molecule has 0 bridgehead atoms. The van der Waals surface area contributed by atoms with E-state index in [1.165, 1.54) is 5.56 Å². The maximum atomic E-state index is 6.01. The number of rotatable bonds is 3. The van der Waals surface area contributed by atoms with Gasteiger partial charge in [-0.3, -0.25) is 0 Å². The Hall–Kier alpha value is -0.730. The molecule has 1 heterocycles. The zero-order valence-corrected chi connectivity index (χ0v) is 9.80. The average molecular weight is 227 g/mol. The first kappa shape index (κ1) is 10.8. The molecule has 3 heteroatoms. The number of aryl methyl sites for hydroxylation is 1. The molecule has 1 fully saturated rings. The van der Waals surface area contributed by atoms with Crippen molar-refractivity contribution in [3.8, 4) is 5.75 Å². The lowest BCUT2D eigenvalue weighted by molar-refractivity contribution is -0.0480. The fraction of sp³-hybridized carbons (Fsp3) is 0.500. The molecule has 0 unspecified atom stereocenters. The Balaban J connectivity index is 2.33. The zero-order valence-electron chi connectivity index (χ0n) is 9.05. The van der Waals surface area contributed by atoms with Crippen molar-refractivity contribution in [2.75, 3.05) is 26.2 Å². The van der Waals surface area contributed by atoms with Crippen molar-refractivity contribution in [1.82, 2.24) is 0 Å². The Morgan fingerprint density at radius 2 is 2.20 bits per heavy atom. The first-order valence-corrected chi connectivity index (χ1v) is 5.54. The van der Waals surface area contributed by atoms with Crippen LogP contribution < -0.4 is 4.74 Å². The van der Waals surface area contributed by atoms with E-state index in [2.05, 4.69) is 12.1 Å². The quantitative estimate of drug-likeness (QED) is 0.738. The molecule has 0 amide bonds. The third-order valence-corrected chi connectivity index (χ3v) is 3.53. The second-order valence-corrected chi connectivity index (χ2v) is 4.36. The maximum absolute atomic E-state index is 6.01. The summed E-state index contributed by atoms with van der Waals surface area (Å²) in [7, 11) is 1.69. The molecule has 1 aromatic rings. The topological polar surface area (TPSA) is 18.5 Å². The second kappa shape index (κ2) is 4.03. The standard InChI is InChI=1S/C12H15ClO2/c1-9-5-10(3-4-11(9)14-2)12(6-13)7-15-8-12/h3-5H,6-8H2,1-2H3. The molecule has 1 aromatic carbocycles. The molecule has 82 valence electrons. The van der Waals surface area contributed by atoms with Crippen LogP contribution in [0.5, 0.6) is 5.75 Å². The van der Waals surface area contributed by atoms with E-state index in [0.29, 0.717) is 5.88 Å². The first-order chi connectivity index (χ1) is 7.22. The molecule has 2 rings (SSSR count). The highest BCUT2D eigenvalue weighted by molar-refractivity contribution is 6.18. The molecule has 1 saturated heterocycles. The Morgan fingerprint density at radius 1 is 1.47 bits per heavy atom. The van der Waals surface area contributed by atoms with Gasteiger partial charge in [-0.15, -0.1) is 11.6 Å². The minimum absolute atomic E-state index is 0.0264. The van der Waals surface area contributed by atoms with Crippen LogP contribution in [-0.2, 0) is 10.2 Å². The molecule has 0 atom stereocenters. The normalized spacial score (nSPS) is 18.3. The molecular weight excluding hydrogens is 212 g/mol. The van der Waals surface area contributed by atoms with Crippen molar-refractivity contribution in [3.63, 3.8) is 0 Å². The highest BCUT2D eigenvalue weighted by Gasteiger charge is 2.39. The number of benzene rings is 1. The lowest BCUT2D eigenvalue weighted by Crippen LogP contribution is -2.48. The fourth-order valence-corrected chi connectivity index (χ4v) is 2.19. The van der Waals surface area contributed by atoms with E-state index in [1.54, 1.807) is 7.11 Å². The Morgan fingerprint density at radius 3 is 2.60 bits per heavy atom. The van der Waals surface area contributed by atoms with E-state index >= 15 is 0 Å². The van der Waals surface area contributed by atoms with E-state index in [1.807, 2.05) is 13.0 Å². The zero-order chi connectivity index (χ0) is 10.9. The Labute approximate surface area is 95.1 Å². The van der Waals surface area contributed by atoms with Gasteiger partial charge in [0.1, 0.15) is 5.75 Å². The highest BCUT2D eigenvalue weighted by atomic mass is 35.5. The Bertz CT molecular complexity index is 353. The van der Waals surface area contributed by atoms with Gasteiger partial charge in [-0.2, -0.15) is 0 Å². The Kier molecular flexibility index (Phi) is 2.89. The van der Waals surface area contributed by atoms with Gasteiger partial charge >= 0.3 is 0 Å². The summed E-state index contributed by atoms with van der Waals surface area (Å²) in [5, 5.41) is 0. The SMILES string of the molecule is COc1ccc(C2(CCl)COC2)cc1C. The fourth-order valence-electron chi connectivity index (χ4n) is 1.88. The van der Waals surface area contributed by atoms with Gasteiger partial charge in [-0.05, 0) is 24.1 Å². The molecule has 2 nitrogen and oxygen atoms in total. The van der Waals surface area contributed by atoms with Crippen LogP contribution in [0, 0.1) is 6.92 Å². The van der Waals surface area contributed by atoms with E-state index in [9.17, 15) is 0 Å². The van der Waals surface area contributed by atoms with Crippen molar-refractivity contribution in [2.45, 2.75) is 12.3 Å². The molecule has 0 saturated carbocycles. The van der Waals surface area contributed by atoms with Crippen molar-refractivity contribution in [1.29, 1.82) is 0 Å². The summed E-state index contributed by atoms with van der Waals surface area (Å²) < 4.78 is 10.5. The van der Waals surface area contributed by atoms with Crippen molar-refractivity contribution in [3.05, 3.63) is 29.3 Å². The van der Waals surface area contributed by atoms with Gasteiger partial charge in [0.05, 0.1) is 25.7 Å². The van der Waals surface area contributed by atoms with E-state index in [-0.39, 0.29) is 5.41 Å². The van der Waals surface area contributed by atoms with Crippen LogP contribution >= 0.6 is 11.6 Å². The third-order valence-electron chi connectivity index (χ3n) is 3.02. The molecular formula is C12H15ClO2. The van der Waals surface area contributed by atoms with E-state index in [4.69, 9.17) is 21.1 Å². The third kappa shape index (κ3) is 1.72. The molecule has 0 aliphatic carbocycles.